The molecule has 2 aliphatic carbocycles. The van der Waals surface area contributed by atoms with Gasteiger partial charge in [-0.2, -0.15) is 0 Å². The van der Waals surface area contributed by atoms with Crippen LogP contribution in [0.5, 0.6) is 5.75 Å². The van der Waals surface area contributed by atoms with Crippen LogP contribution in [0.3, 0.4) is 0 Å². The second-order valence-corrected chi connectivity index (χ2v) is 6.65. The molecule has 22 heavy (non-hydrogen) atoms. The zero-order valence-corrected chi connectivity index (χ0v) is 12.8. The number of hydrogen-bond acceptors (Lipinski definition) is 3. The van der Waals surface area contributed by atoms with Gasteiger partial charge in [-0.15, -0.1) is 0 Å². The Morgan fingerprint density at radius 2 is 2.00 bits per heavy atom. The highest BCUT2D eigenvalue weighted by molar-refractivity contribution is 6.13. The van der Waals surface area contributed by atoms with Crippen LogP contribution in [0.1, 0.15) is 48.0 Å². The molecule has 0 aliphatic heterocycles. The highest BCUT2D eigenvalue weighted by atomic mass is 16.5. The predicted octanol–water partition coefficient (Wildman–Crippen LogP) is 3.89. The van der Waals surface area contributed by atoms with Crippen LogP contribution in [0, 0.1) is 5.41 Å². The second kappa shape index (κ2) is 4.42. The summed E-state index contributed by atoms with van der Waals surface area (Å²) < 4.78 is 5.26. The van der Waals surface area contributed by atoms with Crippen molar-refractivity contribution in [3.8, 4) is 5.75 Å². The van der Waals surface area contributed by atoms with Crippen molar-refractivity contribution < 1.29 is 14.3 Å². The summed E-state index contributed by atoms with van der Waals surface area (Å²) in [5.41, 5.74) is 1.38. The number of ether oxygens (including phenoxy) is 1. The third-order valence-electron chi connectivity index (χ3n) is 5.51. The Bertz CT molecular complexity index is 821. The van der Waals surface area contributed by atoms with E-state index in [2.05, 4.69) is 0 Å². The van der Waals surface area contributed by atoms with Gasteiger partial charge in [0.15, 0.2) is 5.78 Å². The van der Waals surface area contributed by atoms with E-state index in [1.165, 1.54) is 0 Å². The maximum atomic E-state index is 12.8. The molecule has 2 aliphatic rings. The molecule has 0 spiro atoms. The fourth-order valence-corrected chi connectivity index (χ4v) is 4.27. The molecule has 0 aromatic heterocycles. The highest BCUT2D eigenvalue weighted by Gasteiger charge is 2.51. The molecule has 2 aromatic rings. The maximum absolute atomic E-state index is 12.8. The zero-order chi connectivity index (χ0) is 15.5. The topological polar surface area (TPSA) is 43.4 Å². The second-order valence-electron chi connectivity index (χ2n) is 6.65. The summed E-state index contributed by atoms with van der Waals surface area (Å²) in [6.07, 6.45) is 1.79. The number of fused-ring (bicyclic) bond motifs is 5. The third kappa shape index (κ3) is 1.62. The van der Waals surface area contributed by atoms with Gasteiger partial charge in [-0.1, -0.05) is 19.1 Å². The largest absolute Gasteiger partial charge is 0.497 e. The lowest BCUT2D eigenvalue weighted by molar-refractivity contribution is -0.125. The number of ketones is 2. The Hall–Kier alpha value is -2.16. The van der Waals surface area contributed by atoms with Gasteiger partial charge in [0, 0.05) is 23.8 Å². The predicted molar refractivity (Wildman–Crippen MR) is 84.5 cm³/mol. The van der Waals surface area contributed by atoms with Gasteiger partial charge in [-0.3, -0.25) is 9.59 Å². The number of rotatable bonds is 1. The normalized spacial score (nSPS) is 26.9. The van der Waals surface area contributed by atoms with E-state index < -0.39 is 5.41 Å². The van der Waals surface area contributed by atoms with Gasteiger partial charge in [0.05, 0.1) is 7.11 Å². The Morgan fingerprint density at radius 3 is 2.77 bits per heavy atom. The molecule has 0 radical (unpaired) electrons. The average molecular weight is 294 g/mol. The summed E-state index contributed by atoms with van der Waals surface area (Å²) >= 11 is 0. The monoisotopic (exact) mass is 294 g/mol. The summed E-state index contributed by atoms with van der Waals surface area (Å²) in [6, 6.07) is 9.89. The molecule has 0 amide bonds. The van der Waals surface area contributed by atoms with Crippen LogP contribution in [0.15, 0.2) is 30.3 Å². The van der Waals surface area contributed by atoms with E-state index >= 15 is 0 Å². The van der Waals surface area contributed by atoms with Crippen molar-refractivity contribution in [3.63, 3.8) is 0 Å². The van der Waals surface area contributed by atoms with Gasteiger partial charge in [0.2, 0.25) is 0 Å². The molecule has 1 fully saturated rings. The smallest absolute Gasteiger partial charge is 0.164 e. The van der Waals surface area contributed by atoms with Gasteiger partial charge in [-0.25, -0.2) is 0 Å². The van der Waals surface area contributed by atoms with Crippen LogP contribution in [-0.2, 0) is 4.79 Å². The van der Waals surface area contributed by atoms with Crippen molar-refractivity contribution in [2.45, 2.75) is 32.1 Å². The van der Waals surface area contributed by atoms with Crippen molar-refractivity contribution in [1.29, 1.82) is 0 Å². The van der Waals surface area contributed by atoms with Gasteiger partial charge >= 0.3 is 0 Å². The lowest BCUT2D eigenvalue weighted by Gasteiger charge is -2.36. The Labute approximate surface area is 129 Å². The molecule has 0 saturated heterocycles. The van der Waals surface area contributed by atoms with Gasteiger partial charge in [0.25, 0.3) is 0 Å². The highest BCUT2D eigenvalue weighted by Crippen LogP contribution is 2.54. The van der Waals surface area contributed by atoms with Crippen molar-refractivity contribution in [2.24, 2.45) is 5.41 Å². The number of Topliss-reactive ketones (excluding diaryl/α,β-unsaturated/α-hetero) is 2. The lowest BCUT2D eigenvalue weighted by atomic mass is 9.65. The molecule has 0 unspecified atom stereocenters. The standard InChI is InChI=1S/C19H18O3/c1-19-10-16(20)18-13-6-4-12(22-2)9-11(13)3-5-14(18)15(19)7-8-17(19)21/h3-6,9,15H,7-8,10H2,1-2H3/t15-,19-/m0/s1. The van der Waals surface area contributed by atoms with Crippen LogP contribution in [0.2, 0.25) is 0 Å². The molecule has 0 bridgehead atoms. The van der Waals surface area contributed by atoms with Crippen molar-refractivity contribution in [2.75, 3.05) is 7.11 Å². The number of carbonyl (C=O) groups excluding carboxylic acids is 2. The van der Waals surface area contributed by atoms with Crippen LogP contribution in [0.25, 0.3) is 10.8 Å². The fraction of sp³-hybridized carbons (Fsp3) is 0.368. The number of carbonyl (C=O) groups is 2. The summed E-state index contributed by atoms with van der Waals surface area (Å²) in [5, 5.41) is 1.99. The first-order valence-electron chi connectivity index (χ1n) is 7.72. The molecular formula is C19H18O3. The van der Waals surface area contributed by atoms with E-state index in [0.29, 0.717) is 12.8 Å². The molecule has 3 heteroatoms. The molecule has 0 N–H and O–H groups in total. The summed E-state index contributed by atoms with van der Waals surface area (Å²) in [5.74, 6) is 1.31. The Kier molecular flexibility index (Phi) is 2.71. The van der Waals surface area contributed by atoms with Crippen LogP contribution in [0.4, 0.5) is 0 Å². The van der Waals surface area contributed by atoms with E-state index in [-0.39, 0.29) is 17.5 Å². The first kappa shape index (κ1) is 13.5. The van der Waals surface area contributed by atoms with E-state index in [1.807, 2.05) is 37.3 Å². The van der Waals surface area contributed by atoms with E-state index in [1.54, 1.807) is 7.11 Å². The molecule has 2 atom stereocenters. The van der Waals surface area contributed by atoms with E-state index in [9.17, 15) is 9.59 Å². The number of benzene rings is 2. The number of methoxy groups -OCH3 is 1. The minimum atomic E-state index is -0.496. The summed E-state index contributed by atoms with van der Waals surface area (Å²) in [4.78, 5) is 25.0. The summed E-state index contributed by atoms with van der Waals surface area (Å²) in [7, 11) is 1.64. The quantitative estimate of drug-likeness (QED) is 0.801. The van der Waals surface area contributed by atoms with Gasteiger partial charge in [0.1, 0.15) is 11.5 Å². The summed E-state index contributed by atoms with van der Waals surface area (Å²) in [6.45, 7) is 1.96. The zero-order valence-electron chi connectivity index (χ0n) is 12.8. The molecule has 3 nitrogen and oxygen atoms in total. The fourth-order valence-electron chi connectivity index (χ4n) is 4.27. The van der Waals surface area contributed by atoms with E-state index in [0.717, 1.165) is 34.1 Å². The minimum absolute atomic E-state index is 0.0970. The van der Waals surface area contributed by atoms with Crippen LogP contribution < -0.4 is 4.74 Å². The molecule has 4 rings (SSSR count). The number of hydrogen-bond donors (Lipinski definition) is 0. The average Bonchev–Trinajstić information content (AvgIpc) is 2.81. The van der Waals surface area contributed by atoms with Crippen LogP contribution >= 0.6 is 0 Å². The molecule has 1 saturated carbocycles. The molecular weight excluding hydrogens is 276 g/mol. The van der Waals surface area contributed by atoms with Crippen LogP contribution in [-0.4, -0.2) is 18.7 Å². The van der Waals surface area contributed by atoms with E-state index in [4.69, 9.17) is 4.74 Å². The Balaban J connectivity index is 1.98. The van der Waals surface area contributed by atoms with Crippen molar-refractivity contribution in [3.05, 3.63) is 41.5 Å². The van der Waals surface area contributed by atoms with Gasteiger partial charge in [-0.05, 0) is 46.9 Å². The first-order valence-corrected chi connectivity index (χ1v) is 7.72. The first-order chi connectivity index (χ1) is 10.5. The third-order valence-corrected chi connectivity index (χ3v) is 5.51. The minimum Gasteiger partial charge on any atom is -0.497 e. The SMILES string of the molecule is COc1ccc2c3c(ccc2c1)[C@@H]1CCC(=O)[C@@]1(C)CC3=O. The molecule has 0 heterocycles. The van der Waals surface area contributed by atoms with Crippen molar-refractivity contribution in [1.82, 2.24) is 0 Å². The lowest BCUT2D eigenvalue weighted by Crippen LogP contribution is -2.35. The molecule has 2 aromatic carbocycles. The molecule has 112 valence electrons. The maximum Gasteiger partial charge on any atom is 0.164 e. The van der Waals surface area contributed by atoms with Gasteiger partial charge < -0.3 is 4.74 Å². The van der Waals surface area contributed by atoms with Crippen molar-refractivity contribution >= 4 is 22.3 Å². The Morgan fingerprint density at radius 1 is 1.18 bits per heavy atom.